The lowest BCUT2D eigenvalue weighted by Gasteiger charge is -2.12. The zero-order valence-electron chi connectivity index (χ0n) is 24.2. The molecule has 0 saturated carbocycles. The third kappa shape index (κ3) is 6.28. The number of anilines is 1. The van der Waals surface area contributed by atoms with Crippen LogP contribution >= 0.6 is 0 Å². The molecule has 1 saturated heterocycles. The van der Waals surface area contributed by atoms with Crippen molar-refractivity contribution in [2.24, 2.45) is 0 Å². The third-order valence-corrected chi connectivity index (χ3v) is 6.87. The molecule has 1 fully saturated rings. The van der Waals surface area contributed by atoms with Crippen molar-refractivity contribution in [1.29, 1.82) is 0 Å². The first-order chi connectivity index (χ1) is 19.9. The Balaban J connectivity index is 0.00000165. The molecular formula is C31H36N8O2. The summed E-state index contributed by atoms with van der Waals surface area (Å²) in [6.45, 7) is 10.2. The van der Waals surface area contributed by atoms with E-state index in [0.29, 0.717) is 35.6 Å². The van der Waals surface area contributed by atoms with E-state index in [1.165, 1.54) is 6.33 Å². The number of hydrogen-bond acceptors (Lipinski definition) is 9. The zero-order chi connectivity index (χ0) is 28.9. The van der Waals surface area contributed by atoms with E-state index in [4.69, 9.17) is 20.3 Å². The van der Waals surface area contributed by atoms with E-state index in [-0.39, 0.29) is 0 Å². The Kier molecular flexibility index (Phi) is 8.39. The van der Waals surface area contributed by atoms with Gasteiger partial charge in [-0.2, -0.15) is 5.10 Å². The maximum atomic E-state index is 6.30. The summed E-state index contributed by atoms with van der Waals surface area (Å²) in [5, 5.41) is 4.97. The summed E-state index contributed by atoms with van der Waals surface area (Å²) in [5.41, 5.74) is 11.6. The Labute approximate surface area is 240 Å². The molecule has 0 bridgehead atoms. The maximum absolute atomic E-state index is 6.30. The largest absolute Gasteiger partial charge is 0.489 e. The summed E-state index contributed by atoms with van der Waals surface area (Å²) in [6.07, 6.45) is 6.10. The van der Waals surface area contributed by atoms with E-state index in [9.17, 15) is 0 Å². The van der Waals surface area contributed by atoms with Gasteiger partial charge in [-0.1, -0.05) is 13.8 Å². The van der Waals surface area contributed by atoms with Crippen LogP contribution in [-0.2, 0) is 6.61 Å². The molecule has 0 amide bonds. The van der Waals surface area contributed by atoms with Gasteiger partial charge in [0.05, 0.1) is 11.4 Å². The average molecular weight is 553 g/mol. The third-order valence-electron chi connectivity index (χ3n) is 6.87. The molecule has 0 unspecified atom stereocenters. The van der Waals surface area contributed by atoms with Gasteiger partial charge in [-0.3, -0.25) is 0 Å². The summed E-state index contributed by atoms with van der Waals surface area (Å²) in [4.78, 5) is 19.5. The molecule has 41 heavy (non-hydrogen) atoms. The van der Waals surface area contributed by atoms with Crippen LogP contribution in [0.4, 0.5) is 5.82 Å². The summed E-state index contributed by atoms with van der Waals surface area (Å²) in [6, 6.07) is 13.6. The molecule has 0 spiro atoms. The van der Waals surface area contributed by atoms with Gasteiger partial charge in [-0.05, 0) is 75.8 Å². The standard InChI is InChI=1S/C29H30N8O2.C2H6/c1-18-10-24(38-16-20-13-31-19(2)32-14-20)12-25(11-18)39-23-6-4-22(5-7-23)37-28-27(33-17-34-29(28)30)26(35-37)21-8-9-36(3)15-21;1-2/h4-7,10-14,17,21H,8-9,15-16H2,1-3H3,(H2,30,33,34);1-2H3/t21-;/m1./s1. The van der Waals surface area contributed by atoms with Crippen molar-refractivity contribution in [3.05, 3.63) is 83.8 Å². The van der Waals surface area contributed by atoms with Crippen molar-refractivity contribution >= 4 is 16.9 Å². The normalized spacial score (nSPS) is 15.0. The summed E-state index contributed by atoms with van der Waals surface area (Å²) in [5.74, 6) is 3.55. The molecular weight excluding hydrogens is 516 g/mol. The number of likely N-dealkylation sites (tertiary alicyclic amines) is 1. The molecule has 2 aromatic carbocycles. The van der Waals surface area contributed by atoms with Gasteiger partial charge in [0.15, 0.2) is 5.82 Å². The maximum Gasteiger partial charge on any atom is 0.153 e. The number of fused-ring (bicyclic) bond motifs is 1. The Morgan fingerprint density at radius 3 is 2.37 bits per heavy atom. The van der Waals surface area contributed by atoms with E-state index in [0.717, 1.165) is 58.9 Å². The quantitative estimate of drug-likeness (QED) is 0.274. The van der Waals surface area contributed by atoms with Crippen molar-refractivity contribution in [3.8, 4) is 22.9 Å². The molecule has 0 aliphatic carbocycles. The Hall–Kier alpha value is -4.57. The number of hydrogen-bond donors (Lipinski definition) is 1. The predicted molar refractivity (Wildman–Crippen MR) is 160 cm³/mol. The molecule has 3 aromatic heterocycles. The first-order valence-corrected chi connectivity index (χ1v) is 13.9. The fraction of sp³-hybridized carbons (Fsp3) is 0.323. The van der Waals surface area contributed by atoms with Gasteiger partial charge < -0.3 is 20.1 Å². The van der Waals surface area contributed by atoms with Gasteiger partial charge in [0.1, 0.15) is 47.0 Å². The van der Waals surface area contributed by atoms with Crippen molar-refractivity contribution in [2.75, 3.05) is 25.9 Å². The molecule has 5 aromatic rings. The molecule has 6 rings (SSSR count). The minimum atomic E-state index is 0.312. The highest BCUT2D eigenvalue weighted by atomic mass is 16.5. The first kappa shape index (κ1) is 28.0. The average Bonchev–Trinajstić information content (AvgIpc) is 3.58. The summed E-state index contributed by atoms with van der Waals surface area (Å²) >= 11 is 0. The summed E-state index contributed by atoms with van der Waals surface area (Å²) in [7, 11) is 2.13. The van der Waals surface area contributed by atoms with Crippen LogP contribution in [0.3, 0.4) is 0 Å². The SMILES string of the molecule is CC.Cc1cc(OCc2cnc(C)nc2)cc(Oc2ccc(-n3nc([C@@H]4CCN(C)C4)c4ncnc(N)c43)cc2)c1. The van der Waals surface area contributed by atoms with Crippen LogP contribution in [-0.4, -0.2) is 54.8 Å². The minimum absolute atomic E-state index is 0.312. The Morgan fingerprint density at radius 1 is 0.927 bits per heavy atom. The predicted octanol–water partition coefficient (Wildman–Crippen LogP) is 5.62. The first-order valence-electron chi connectivity index (χ1n) is 13.9. The number of nitrogens with two attached hydrogens (primary N) is 1. The second-order valence-corrected chi connectivity index (χ2v) is 10.0. The number of rotatable bonds is 7. The number of aromatic nitrogens is 6. The highest BCUT2D eigenvalue weighted by Gasteiger charge is 2.28. The van der Waals surface area contributed by atoms with Crippen LogP contribution in [0.25, 0.3) is 16.7 Å². The molecule has 1 aliphatic rings. The van der Waals surface area contributed by atoms with Crippen LogP contribution < -0.4 is 15.2 Å². The van der Waals surface area contributed by atoms with Crippen LogP contribution in [0, 0.1) is 13.8 Å². The number of nitrogens with zero attached hydrogens (tertiary/aromatic N) is 7. The van der Waals surface area contributed by atoms with Crippen LogP contribution in [0.1, 0.15) is 48.8 Å². The van der Waals surface area contributed by atoms with E-state index in [1.807, 2.05) is 74.8 Å². The lowest BCUT2D eigenvalue weighted by Crippen LogP contribution is -2.13. The van der Waals surface area contributed by atoms with Gasteiger partial charge in [0.2, 0.25) is 0 Å². The molecule has 1 atom stereocenters. The lowest BCUT2D eigenvalue weighted by atomic mass is 10.0. The van der Waals surface area contributed by atoms with E-state index in [2.05, 4.69) is 31.9 Å². The molecule has 0 radical (unpaired) electrons. The van der Waals surface area contributed by atoms with Crippen LogP contribution in [0.2, 0.25) is 0 Å². The molecule has 212 valence electrons. The Bertz CT molecular complexity index is 1620. The van der Waals surface area contributed by atoms with Crippen molar-refractivity contribution in [2.45, 2.75) is 46.6 Å². The number of likely N-dealkylation sites (N-methyl/N-ethyl adjacent to an activating group) is 1. The molecule has 10 nitrogen and oxygen atoms in total. The Morgan fingerprint density at radius 2 is 1.66 bits per heavy atom. The smallest absolute Gasteiger partial charge is 0.153 e. The van der Waals surface area contributed by atoms with Crippen LogP contribution in [0.15, 0.2) is 61.2 Å². The van der Waals surface area contributed by atoms with Gasteiger partial charge >= 0.3 is 0 Å². The highest BCUT2D eigenvalue weighted by molar-refractivity contribution is 5.88. The molecule has 10 heteroatoms. The van der Waals surface area contributed by atoms with Crippen molar-refractivity contribution in [3.63, 3.8) is 0 Å². The number of benzene rings is 2. The monoisotopic (exact) mass is 552 g/mol. The van der Waals surface area contributed by atoms with E-state index in [1.54, 1.807) is 12.4 Å². The minimum Gasteiger partial charge on any atom is -0.489 e. The van der Waals surface area contributed by atoms with E-state index >= 15 is 0 Å². The number of ether oxygens (including phenoxy) is 2. The number of nitrogen functional groups attached to an aromatic ring is 1. The van der Waals surface area contributed by atoms with Crippen molar-refractivity contribution in [1.82, 2.24) is 34.6 Å². The summed E-state index contributed by atoms with van der Waals surface area (Å²) < 4.78 is 14.0. The lowest BCUT2D eigenvalue weighted by molar-refractivity contribution is 0.303. The zero-order valence-corrected chi connectivity index (χ0v) is 24.2. The van der Waals surface area contributed by atoms with Crippen molar-refractivity contribution < 1.29 is 9.47 Å². The molecule has 4 heterocycles. The van der Waals surface area contributed by atoms with Gasteiger partial charge in [0.25, 0.3) is 0 Å². The topological polar surface area (TPSA) is 117 Å². The fourth-order valence-corrected chi connectivity index (χ4v) is 4.92. The van der Waals surface area contributed by atoms with Gasteiger partial charge in [-0.25, -0.2) is 24.6 Å². The fourth-order valence-electron chi connectivity index (χ4n) is 4.92. The van der Waals surface area contributed by atoms with Gasteiger partial charge in [0, 0.05) is 36.5 Å². The van der Waals surface area contributed by atoms with Crippen LogP contribution in [0.5, 0.6) is 17.2 Å². The second kappa shape index (κ2) is 12.3. The molecule has 2 N–H and O–H groups in total. The highest BCUT2D eigenvalue weighted by Crippen LogP contribution is 2.34. The second-order valence-electron chi connectivity index (χ2n) is 10.0. The van der Waals surface area contributed by atoms with Gasteiger partial charge in [-0.15, -0.1) is 0 Å². The number of aryl methyl sites for hydroxylation is 2. The van der Waals surface area contributed by atoms with E-state index < -0.39 is 0 Å². The molecule has 1 aliphatic heterocycles.